The zero-order valence-electron chi connectivity index (χ0n) is 13.6. The molecule has 0 saturated heterocycles. The maximum Gasteiger partial charge on any atom is 0.323 e. The summed E-state index contributed by atoms with van der Waals surface area (Å²) in [6, 6.07) is 11.7. The van der Waals surface area contributed by atoms with Gasteiger partial charge in [-0.3, -0.25) is 4.31 Å². The molecule has 2 N–H and O–H groups in total. The summed E-state index contributed by atoms with van der Waals surface area (Å²) in [5.41, 5.74) is 2.82. The van der Waals surface area contributed by atoms with Gasteiger partial charge in [0.05, 0.1) is 11.9 Å². The highest BCUT2D eigenvalue weighted by molar-refractivity contribution is 7.92. The summed E-state index contributed by atoms with van der Waals surface area (Å²) < 4.78 is 25.2. The van der Waals surface area contributed by atoms with E-state index in [1.165, 1.54) is 10.6 Å². The fraction of sp³-hybridized carbons (Fsp3) is 0.235. The first-order chi connectivity index (χ1) is 11.8. The molecule has 0 unspecified atom stereocenters. The van der Waals surface area contributed by atoms with E-state index >= 15 is 0 Å². The summed E-state index contributed by atoms with van der Waals surface area (Å²) in [6.07, 6.45) is 2.73. The average molecular weight is 380 g/mol. The molecule has 0 bridgehead atoms. The summed E-state index contributed by atoms with van der Waals surface area (Å²) in [4.78, 5) is 12.1. The number of nitrogens with zero attached hydrogens (tertiary/aromatic N) is 1. The third kappa shape index (κ3) is 4.24. The van der Waals surface area contributed by atoms with E-state index < -0.39 is 10.0 Å². The first kappa shape index (κ1) is 17.6. The van der Waals surface area contributed by atoms with Crippen LogP contribution in [0.1, 0.15) is 12.0 Å². The third-order valence-corrected chi connectivity index (χ3v) is 5.35. The van der Waals surface area contributed by atoms with Crippen molar-refractivity contribution in [2.45, 2.75) is 12.8 Å². The Morgan fingerprint density at radius 3 is 2.40 bits per heavy atom. The van der Waals surface area contributed by atoms with E-state index in [1.807, 2.05) is 6.07 Å². The Labute approximate surface area is 151 Å². The molecule has 0 aliphatic carbocycles. The molecule has 0 radical (unpaired) electrons. The molecule has 0 spiro atoms. The van der Waals surface area contributed by atoms with Gasteiger partial charge >= 0.3 is 6.03 Å². The molecule has 2 aromatic carbocycles. The zero-order valence-corrected chi connectivity index (χ0v) is 15.2. The van der Waals surface area contributed by atoms with Crippen LogP contribution in [-0.2, 0) is 16.4 Å². The standard InChI is InChI=1S/C17H18ClN3O3S/c1-25(23,24)21-10-2-3-12-11-15(8-9-16(12)21)20-17(22)19-14-6-4-13(18)5-7-14/h4-9,11H,2-3,10H2,1H3,(H2,19,20,22). The predicted octanol–water partition coefficient (Wildman–Crippen LogP) is 3.70. The van der Waals surface area contributed by atoms with Gasteiger partial charge in [0.15, 0.2) is 0 Å². The fourth-order valence-electron chi connectivity index (χ4n) is 2.81. The van der Waals surface area contributed by atoms with E-state index in [2.05, 4.69) is 10.6 Å². The highest BCUT2D eigenvalue weighted by atomic mass is 35.5. The maximum atomic E-state index is 12.1. The lowest BCUT2D eigenvalue weighted by Gasteiger charge is -2.29. The highest BCUT2D eigenvalue weighted by Crippen LogP contribution is 2.31. The maximum absolute atomic E-state index is 12.1. The summed E-state index contributed by atoms with van der Waals surface area (Å²) in [5, 5.41) is 6.07. The van der Waals surface area contributed by atoms with E-state index in [1.54, 1.807) is 36.4 Å². The second-order valence-corrected chi connectivity index (χ2v) is 8.21. The topological polar surface area (TPSA) is 78.5 Å². The van der Waals surface area contributed by atoms with E-state index in [0.29, 0.717) is 28.6 Å². The van der Waals surface area contributed by atoms with Gasteiger partial charge in [-0.2, -0.15) is 0 Å². The van der Waals surface area contributed by atoms with Crippen molar-refractivity contribution in [3.63, 3.8) is 0 Å². The van der Waals surface area contributed by atoms with E-state index in [-0.39, 0.29) is 6.03 Å². The van der Waals surface area contributed by atoms with Crippen LogP contribution in [0.15, 0.2) is 42.5 Å². The number of aryl methyl sites for hydroxylation is 1. The molecule has 2 amide bonds. The molecule has 25 heavy (non-hydrogen) atoms. The molecule has 3 rings (SSSR count). The molecule has 1 heterocycles. The minimum Gasteiger partial charge on any atom is -0.308 e. The van der Waals surface area contributed by atoms with Gasteiger partial charge in [-0.05, 0) is 60.9 Å². The number of urea groups is 1. The molecule has 0 aromatic heterocycles. The summed E-state index contributed by atoms with van der Waals surface area (Å²) in [7, 11) is -3.30. The first-order valence-corrected chi connectivity index (χ1v) is 10.00. The highest BCUT2D eigenvalue weighted by Gasteiger charge is 2.24. The van der Waals surface area contributed by atoms with Crippen molar-refractivity contribution < 1.29 is 13.2 Å². The van der Waals surface area contributed by atoms with Crippen LogP contribution in [0.25, 0.3) is 0 Å². The number of sulfonamides is 1. The molecular formula is C17H18ClN3O3S. The lowest BCUT2D eigenvalue weighted by molar-refractivity contribution is 0.262. The predicted molar refractivity (Wildman–Crippen MR) is 101 cm³/mol. The van der Waals surface area contributed by atoms with Crippen molar-refractivity contribution in [3.8, 4) is 0 Å². The number of benzene rings is 2. The largest absolute Gasteiger partial charge is 0.323 e. The Morgan fingerprint density at radius 1 is 1.08 bits per heavy atom. The molecule has 1 aliphatic rings. The second-order valence-electron chi connectivity index (χ2n) is 5.87. The Kier molecular flexibility index (Phi) is 4.87. The number of halogens is 1. The van der Waals surface area contributed by atoms with Gasteiger partial charge < -0.3 is 10.6 Å². The summed E-state index contributed by atoms with van der Waals surface area (Å²) >= 11 is 5.81. The van der Waals surface area contributed by atoms with Crippen LogP contribution in [0, 0.1) is 0 Å². The molecule has 8 heteroatoms. The Balaban J connectivity index is 1.74. The van der Waals surface area contributed by atoms with E-state index in [9.17, 15) is 13.2 Å². The van der Waals surface area contributed by atoms with Crippen molar-refractivity contribution in [1.82, 2.24) is 0 Å². The normalized spacial score (nSPS) is 13.9. The minimum absolute atomic E-state index is 0.377. The van der Waals surface area contributed by atoms with Crippen molar-refractivity contribution in [1.29, 1.82) is 0 Å². The second kappa shape index (κ2) is 6.93. The quantitative estimate of drug-likeness (QED) is 0.853. The number of hydrogen-bond acceptors (Lipinski definition) is 3. The van der Waals surface area contributed by atoms with Crippen LogP contribution in [-0.4, -0.2) is 27.2 Å². The molecule has 2 aromatic rings. The van der Waals surface area contributed by atoms with E-state index in [4.69, 9.17) is 11.6 Å². The number of fused-ring (bicyclic) bond motifs is 1. The van der Waals surface area contributed by atoms with Crippen molar-refractivity contribution >= 4 is 44.7 Å². The Morgan fingerprint density at radius 2 is 1.72 bits per heavy atom. The fourth-order valence-corrected chi connectivity index (χ4v) is 3.93. The van der Waals surface area contributed by atoms with Gasteiger partial charge in [0.2, 0.25) is 10.0 Å². The SMILES string of the molecule is CS(=O)(=O)N1CCCc2cc(NC(=O)Nc3ccc(Cl)cc3)ccc21. The van der Waals surface area contributed by atoms with Crippen LogP contribution in [0.4, 0.5) is 21.9 Å². The molecule has 132 valence electrons. The molecular weight excluding hydrogens is 362 g/mol. The minimum atomic E-state index is -3.30. The van der Waals surface area contributed by atoms with Crippen LogP contribution in [0.3, 0.4) is 0 Å². The Hall–Kier alpha value is -2.25. The van der Waals surface area contributed by atoms with Crippen LogP contribution >= 0.6 is 11.6 Å². The van der Waals surface area contributed by atoms with Gasteiger partial charge in [-0.1, -0.05) is 11.6 Å². The van der Waals surface area contributed by atoms with Gasteiger partial charge in [0, 0.05) is 22.9 Å². The van der Waals surface area contributed by atoms with Crippen molar-refractivity contribution in [3.05, 3.63) is 53.1 Å². The lowest BCUT2D eigenvalue weighted by Crippen LogP contribution is -2.34. The number of amides is 2. The van der Waals surface area contributed by atoms with E-state index in [0.717, 1.165) is 18.4 Å². The monoisotopic (exact) mass is 379 g/mol. The van der Waals surface area contributed by atoms with Gasteiger partial charge in [-0.15, -0.1) is 0 Å². The molecule has 0 saturated carbocycles. The molecule has 0 fully saturated rings. The van der Waals surface area contributed by atoms with Gasteiger partial charge in [0.1, 0.15) is 0 Å². The summed E-state index contributed by atoms with van der Waals surface area (Å²) in [6.45, 7) is 0.482. The zero-order chi connectivity index (χ0) is 18.0. The Bertz CT molecular complexity index is 898. The number of rotatable bonds is 3. The van der Waals surface area contributed by atoms with Gasteiger partial charge in [0.25, 0.3) is 0 Å². The van der Waals surface area contributed by atoms with Crippen molar-refractivity contribution in [2.75, 3.05) is 27.7 Å². The molecule has 0 atom stereocenters. The number of anilines is 3. The molecule has 1 aliphatic heterocycles. The number of hydrogen-bond donors (Lipinski definition) is 2. The van der Waals surface area contributed by atoms with Crippen LogP contribution < -0.4 is 14.9 Å². The lowest BCUT2D eigenvalue weighted by atomic mass is 10.0. The number of carbonyl (C=O) groups is 1. The van der Waals surface area contributed by atoms with Crippen LogP contribution in [0.5, 0.6) is 0 Å². The van der Waals surface area contributed by atoms with Gasteiger partial charge in [-0.25, -0.2) is 13.2 Å². The smallest absolute Gasteiger partial charge is 0.308 e. The average Bonchev–Trinajstić information content (AvgIpc) is 2.55. The third-order valence-electron chi connectivity index (χ3n) is 3.92. The summed E-state index contributed by atoms with van der Waals surface area (Å²) in [5.74, 6) is 0. The number of carbonyl (C=O) groups excluding carboxylic acids is 1. The van der Waals surface area contributed by atoms with Crippen molar-refractivity contribution in [2.24, 2.45) is 0 Å². The van der Waals surface area contributed by atoms with Crippen LogP contribution in [0.2, 0.25) is 5.02 Å². The molecule has 6 nitrogen and oxygen atoms in total. The first-order valence-electron chi connectivity index (χ1n) is 7.77. The number of nitrogens with one attached hydrogen (secondary N) is 2.